The SMILES string of the molecule is NCC1CCC2(CCCCCCC2)O1. The summed E-state index contributed by atoms with van der Waals surface area (Å²) in [6, 6.07) is 0. The molecule has 1 aliphatic carbocycles. The monoisotopic (exact) mass is 197 g/mol. The quantitative estimate of drug-likeness (QED) is 0.701. The summed E-state index contributed by atoms with van der Waals surface area (Å²) in [6.45, 7) is 0.710. The first-order chi connectivity index (χ1) is 6.85. The van der Waals surface area contributed by atoms with Crippen LogP contribution in [0.2, 0.25) is 0 Å². The first-order valence-corrected chi connectivity index (χ1v) is 6.23. The average Bonchev–Trinajstić information content (AvgIpc) is 2.57. The summed E-state index contributed by atoms with van der Waals surface area (Å²) in [5, 5.41) is 0. The Morgan fingerprint density at radius 2 is 1.64 bits per heavy atom. The van der Waals surface area contributed by atoms with E-state index < -0.39 is 0 Å². The summed E-state index contributed by atoms with van der Waals surface area (Å²) in [6.07, 6.45) is 12.3. The Bertz CT molecular complexity index is 173. The van der Waals surface area contributed by atoms with Crippen molar-refractivity contribution in [3.05, 3.63) is 0 Å². The molecule has 1 atom stereocenters. The lowest BCUT2D eigenvalue weighted by molar-refractivity contribution is -0.0534. The zero-order valence-electron chi connectivity index (χ0n) is 9.13. The summed E-state index contributed by atoms with van der Waals surface area (Å²) >= 11 is 0. The number of nitrogens with two attached hydrogens (primary N) is 1. The molecule has 1 spiro atoms. The lowest BCUT2D eigenvalue weighted by Crippen LogP contribution is -2.32. The van der Waals surface area contributed by atoms with Gasteiger partial charge >= 0.3 is 0 Å². The van der Waals surface area contributed by atoms with Crippen LogP contribution in [-0.2, 0) is 4.74 Å². The highest BCUT2D eigenvalue weighted by Crippen LogP contribution is 2.39. The molecule has 2 heteroatoms. The van der Waals surface area contributed by atoms with Crippen LogP contribution in [0.3, 0.4) is 0 Å². The predicted molar refractivity (Wildman–Crippen MR) is 58.2 cm³/mol. The summed E-state index contributed by atoms with van der Waals surface area (Å²) in [4.78, 5) is 0. The maximum Gasteiger partial charge on any atom is 0.0705 e. The lowest BCUT2D eigenvalue weighted by Gasteiger charge is -2.31. The van der Waals surface area contributed by atoms with Crippen LogP contribution < -0.4 is 5.73 Å². The van der Waals surface area contributed by atoms with Crippen molar-refractivity contribution in [2.75, 3.05) is 6.54 Å². The van der Waals surface area contributed by atoms with Crippen molar-refractivity contribution in [1.29, 1.82) is 0 Å². The van der Waals surface area contributed by atoms with Crippen molar-refractivity contribution in [3.63, 3.8) is 0 Å². The Morgan fingerprint density at radius 3 is 2.21 bits per heavy atom. The van der Waals surface area contributed by atoms with Gasteiger partial charge in [-0.2, -0.15) is 0 Å². The molecule has 1 saturated heterocycles. The van der Waals surface area contributed by atoms with E-state index in [1.165, 1.54) is 57.8 Å². The zero-order valence-corrected chi connectivity index (χ0v) is 9.13. The van der Waals surface area contributed by atoms with Crippen LogP contribution in [0.4, 0.5) is 0 Å². The van der Waals surface area contributed by atoms with Gasteiger partial charge in [0, 0.05) is 6.54 Å². The third kappa shape index (κ3) is 2.29. The molecule has 0 aromatic rings. The van der Waals surface area contributed by atoms with E-state index in [4.69, 9.17) is 10.5 Å². The third-order valence-corrected chi connectivity index (χ3v) is 3.87. The molecule has 2 rings (SSSR count). The van der Waals surface area contributed by atoms with Crippen LogP contribution >= 0.6 is 0 Å². The minimum Gasteiger partial charge on any atom is -0.370 e. The molecule has 2 aliphatic rings. The molecule has 0 aromatic carbocycles. The second kappa shape index (κ2) is 4.63. The Morgan fingerprint density at radius 1 is 1.00 bits per heavy atom. The molecule has 0 amide bonds. The number of ether oxygens (including phenoxy) is 1. The van der Waals surface area contributed by atoms with Crippen molar-refractivity contribution in [2.24, 2.45) is 5.73 Å². The molecule has 0 bridgehead atoms. The van der Waals surface area contributed by atoms with E-state index in [1.807, 2.05) is 0 Å². The van der Waals surface area contributed by atoms with Crippen molar-refractivity contribution >= 4 is 0 Å². The van der Waals surface area contributed by atoms with Gasteiger partial charge in [-0.15, -0.1) is 0 Å². The molecular weight excluding hydrogens is 174 g/mol. The fourth-order valence-electron chi connectivity index (χ4n) is 2.98. The number of hydrogen-bond donors (Lipinski definition) is 1. The van der Waals surface area contributed by atoms with Crippen LogP contribution in [0.5, 0.6) is 0 Å². The van der Waals surface area contributed by atoms with Gasteiger partial charge in [-0.1, -0.05) is 32.1 Å². The van der Waals surface area contributed by atoms with Crippen LogP contribution in [-0.4, -0.2) is 18.2 Å². The fraction of sp³-hybridized carbons (Fsp3) is 1.00. The van der Waals surface area contributed by atoms with Gasteiger partial charge in [0.1, 0.15) is 0 Å². The highest BCUT2D eigenvalue weighted by Gasteiger charge is 2.38. The van der Waals surface area contributed by atoms with Gasteiger partial charge in [0.15, 0.2) is 0 Å². The molecule has 1 unspecified atom stereocenters. The van der Waals surface area contributed by atoms with Crippen LogP contribution in [0.1, 0.15) is 57.8 Å². The summed E-state index contributed by atoms with van der Waals surface area (Å²) in [7, 11) is 0. The standard InChI is InChI=1S/C12H23NO/c13-10-11-6-9-12(14-11)7-4-2-1-3-5-8-12/h11H,1-10,13H2. The van der Waals surface area contributed by atoms with Crippen molar-refractivity contribution in [3.8, 4) is 0 Å². The summed E-state index contributed by atoms with van der Waals surface area (Å²) in [5.74, 6) is 0. The molecule has 2 fully saturated rings. The van der Waals surface area contributed by atoms with Gasteiger partial charge < -0.3 is 10.5 Å². The van der Waals surface area contributed by atoms with E-state index in [-0.39, 0.29) is 5.60 Å². The zero-order chi connectivity index (χ0) is 9.86. The van der Waals surface area contributed by atoms with Crippen molar-refractivity contribution < 1.29 is 4.74 Å². The van der Waals surface area contributed by atoms with Gasteiger partial charge in [-0.05, 0) is 25.7 Å². The van der Waals surface area contributed by atoms with E-state index in [1.54, 1.807) is 0 Å². The molecule has 1 heterocycles. The van der Waals surface area contributed by atoms with E-state index in [0.29, 0.717) is 12.6 Å². The van der Waals surface area contributed by atoms with Gasteiger partial charge in [-0.3, -0.25) is 0 Å². The van der Waals surface area contributed by atoms with Gasteiger partial charge in [0.05, 0.1) is 11.7 Å². The second-order valence-electron chi connectivity index (χ2n) is 4.97. The number of hydrogen-bond acceptors (Lipinski definition) is 2. The molecule has 2 N–H and O–H groups in total. The maximum atomic E-state index is 6.15. The molecule has 0 aromatic heterocycles. The Kier molecular flexibility index (Phi) is 3.45. The van der Waals surface area contributed by atoms with Crippen molar-refractivity contribution in [2.45, 2.75) is 69.5 Å². The molecule has 2 nitrogen and oxygen atoms in total. The highest BCUT2D eigenvalue weighted by atomic mass is 16.5. The maximum absolute atomic E-state index is 6.15. The largest absolute Gasteiger partial charge is 0.370 e. The summed E-state index contributed by atoms with van der Waals surface area (Å²) in [5.41, 5.74) is 5.91. The predicted octanol–water partition coefficient (Wildman–Crippen LogP) is 2.61. The first kappa shape index (κ1) is 10.4. The smallest absolute Gasteiger partial charge is 0.0705 e. The van der Waals surface area contributed by atoms with Crippen LogP contribution in [0.25, 0.3) is 0 Å². The normalized spacial score (nSPS) is 32.8. The Balaban J connectivity index is 1.92. The van der Waals surface area contributed by atoms with Crippen LogP contribution in [0.15, 0.2) is 0 Å². The van der Waals surface area contributed by atoms with Gasteiger partial charge in [-0.25, -0.2) is 0 Å². The Labute approximate surface area is 87.2 Å². The molecule has 82 valence electrons. The molecule has 14 heavy (non-hydrogen) atoms. The van der Waals surface area contributed by atoms with Gasteiger partial charge in [0.2, 0.25) is 0 Å². The first-order valence-electron chi connectivity index (χ1n) is 6.23. The molecule has 1 aliphatic heterocycles. The Hall–Kier alpha value is -0.0800. The van der Waals surface area contributed by atoms with E-state index in [9.17, 15) is 0 Å². The third-order valence-electron chi connectivity index (χ3n) is 3.87. The van der Waals surface area contributed by atoms with E-state index >= 15 is 0 Å². The highest BCUT2D eigenvalue weighted by molar-refractivity contribution is 4.89. The minimum atomic E-state index is 0.241. The minimum absolute atomic E-state index is 0.241. The topological polar surface area (TPSA) is 35.2 Å². The fourth-order valence-corrected chi connectivity index (χ4v) is 2.98. The summed E-state index contributed by atoms with van der Waals surface area (Å²) < 4.78 is 6.15. The average molecular weight is 197 g/mol. The van der Waals surface area contributed by atoms with Crippen LogP contribution in [0, 0.1) is 0 Å². The second-order valence-corrected chi connectivity index (χ2v) is 4.97. The lowest BCUT2D eigenvalue weighted by atomic mass is 9.85. The molecular formula is C12H23NO. The van der Waals surface area contributed by atoms with E-state index in [2.05, 4.69) is 0 Å². The van der Waals surface area contributed by atoms with Crippen molar-refractivity contribution in [1.82, 2.24) is 0 Å². The number of rotatable bonds is 1. The molecule has 1 saturated carbocycles. The molecule has 0 radical (unpaired) electrons. The van der Waals surface area contributed by atoms with Gasteiger partial charge in [0.25, 0.3) is 0 Å². The van der Waals surface area contributed by atoms with E-state index in [0.717, 1.165) is 0 Å².